The molecule has 0 aromatic rings. The Bertz CT molecular complexity index is 772. The van der Waals surface area contributed by atoms with Gasteiger partial charge in [0, 0.05) is 13.0 Å². The van der Waals surface area contributed by atoms with E-state index < -0.39 is 39.2 Å². The van der Waals surface area contributed by atoms with Gasteiger partial charge >= 0.3 is 59.1 Å². The molecule has 0 aliphatic carbocycles. The molecule has 1 rings (SSSR count). The maximum atomic E-state index is 10.8. The van der Waals surface area contributed by atoms with Crippen LogP contribution in [-0.2, 0) is 29.3 Å². The van der Waals surface area contributed by atoms with Gasteiger partial charge in [0.2, 0.25) is 17.7 Å². The van der Waals surface area contributed by atoms with Crippen LogP contribution in [0.15, 0.2) is 44.2 Å². The molecule has 0 spiro atoms. The van der Waals surface area contributed by atoms with Gasteiger partial charge in [0.25, 0.3) is 10.1 Å². The third-order valence-corrected chi connectivity index (χ3v) is 3.95. The number of nitrogens with one attached hydrogen (secondary N) is 1. The molecule has 33 heavy (non-hydrogen) atoms. The first-order valence-electron chi connectivity index (χ1n) is 8.56. The molecule has 1 aliphatic rings. The van der Waals surface area contributed by atoms with Gasteiger partial charge in [0.1, 0.15) is 0 Å². The predicted octanol–water partition coefficient (Wildman–Crippen LogP) is -5.45. The van der Waals surface area contributed by atoms with Crippen LogP contribution in [0.4, 0.5) is 0 Å². The molecule has 1 aliphatic heterocycles. The van der Waals surface area contributed by atoms with Crippen molar-refractivity contribution in [1.29, 1.82) is 0 Å². The van der Waals surface area contributed by atoms with Crippen molar-refractivity contribution in [3.8, 4) is 0 Å². The fourth-order valence-corrected chi connectivity index (χ4v) is 2.72. The SMILES string of the molecule is C=CC(=O)NC(C)(C)CS(=O)(=O)O.C=CC(N)=O.C=CN1CCCC1=O.[CH-]=CC(=O)O.[H-].[Na+].[Na+]. The van der Waals surface area contributed by atoms with Crippen molar-refractivity contribution in [3.63, 3.8) is 0 Å². The molecule has 14 heteroatoms. The summed E-state index contributed by atoms with van der Waals surface area (Å²) < 4.78 is 29.5. The molecule has 0 aromatic carbocycles. The summed E-state index contributed by atoms with van der Waals surface area (Å²) in [6, 6.07) is 0. The molecule has 0 aromatic heterocycles. The molecule has 1 heterocycles. The molecule has 1 fully saturated rings. The van der Waals surface area contributed by atoms with Crippen LogP contribution in [0.5, 0.6) is 0 Å². The molecule has 11 nitrogen and oxygen atoms in total. The number of amides is 3. The Morgan fingerprint density at radius 1 is 1.24 bits per heavy atom. The number of hydrogen-bond donors (Lipinski definition) is 4. The number of rotatable bonds is 7. The van der Waals surface area contributed by atoms with Gasteiger partial charge in [-0.05, 0) is 38.6 Å². The number of hydrogen-bond acceptors (Lipinski definition) is 6. The van der Waals surface area contributed by atoms with Crippen LogP contribution >= 0.6 is 0 Å². The zero-order valence-electron chi connectivity index (χ0n) is 20.6. The Labute approximate surface area is 241 Å². The summed E-state index contributed by atoms with van der Waals surface area (Å²) in [5.41, 5.74) is 3.53. The van der Waals surface area contributed by atoms with E-state index in [0.717, 1.165) is 25.1 Å². The first-order chi connectivity index (χ1) is 14.0. The van der Waals surface area contributed by atoms with Crippen molar-refractivity contribution in [2.45, 2.75) is 32.2 Å². The molecular formula is C19H31N3Na2O8S. The molecule has 0 unspecified atom stereocenters. The quantitative estimate of drug-likeness (QED) is 0.114. The van der Waals surface area contributed by atoms with E-state index in [9.17, 15) is 27.6 Å². The number of nitrogens with two attached hydrogens (primary N) is 1. The molecule has 3 amide bonds. The van der Waals surface area contributed by atoms with E-state index in [0.29, 0.717) is 12.5 Å². The monoisotopic (exact) mass is 507 g/mol. The largest absolute Gasteiger partial charge is 1.00 e. The average Bonchev–Trinajstić information content (AvgIpc) is 3.05. The summed E-state index contributed by atoms with van der Waals surface area (Å²) in [5.74, 6) is -2.37. The fraction of sp³-hybridized carbons (Fsp3) is 0.368. The van der Waals surface area contributed by atoms with Crippen LogP contribution in [0.1, 0.15) is 28.1 Å². The van der Waals surface area contributed by atoms with E-state index in [1.165, 1.54) is 13.8 Å². The van der Waals surface area contributed by atoms with Crippen LogP contribution in [-0.4, -0.2) is 64.5 Å². The van der Waals surface area contributed by atoms with Crippen LogP contribution in [0.2, 0.25) is 0 Å². The maximum absolute atomic E-state index is 10.8. The summed E-state index contributed by atoms with van der Waals surface area (Å²) >= 11 is 0. The van der Waals surface area contributed by atoms with Crippen molar-refractivity contribution in [1.82, 2.24) is 10.2 Å². The minimum absolute atomic E-state index is 0. The Morgan fingerprint density at radius 3 is 1.85 bits per heavy atom. The number of likely N-dealkylation sites (tertiary alicyclic amines) is 1. The molecule has 1 saturated heterocycles. The second-order valence-corrected chi connectivity index (χ2v) is 7.74. The van der Waals surface area contributed by atoms with Crippen LogP contribution in [0.3, 0.4) is 0 Å². The van der Waals surface area contributed by atoms with Gasteiger partial charge in [-0.3, -0.25) is 25.5 Å². The standard InChI is InChI=1S/C7H13NO4S.C6H9NO.C3H5NO.C3H3O2.2Na.H/c1-4-6(9)8-7(2,3)5-13(10,11)12;1-2-7-5-3-4-6(7)8;2*1-2-3(4)5;;;/h4H,1,5H2,2-3H3,(H,8,9)(H,10,11,12);2H,1,3-5H2;2H,1H2,(H2,4,5);1-2H,(H,4,5);;;/q;;;-1;2*+1;-1. The number of nitrogens with zero attached hydrogens (tertiary/aromatic N) is 1. The molecule has 178 valence electrons. The van der Waals surface area contributed by atoms with Crippen molar-refractivity contribution >= 4 is 33.8 Å². The molecule has 0 bridgehead atoms. The Morgan fingerprint density at radius 2 is 1.67 bits per heavy atom. The van der Waals surface area contributed by atoms with Gasteiger partial charge in [-0.15, -0.1) is 0 Å². The Hall–Kier alpha value is -1.25. The first kappa shape index (κ1) is 42.0. The smallest absolute Gasteiger partial charge is 1.00 e. The Balaban J connectivity index is -0.0000000808. The number of carboxylic acids is 1. The van der Waals surface area contributed by atoms with Gasteiger partial charge in [-0.1, -0.05) is 19.7 Å². The zero-order valence-corrected chi connectivity index (χ0v) is 24.4. The summed E-state index contributed by atoms with van der Waals surface area (Å²) in [4.78, 5) is 41.8. The topological polar surface area (TPSA) is 184 Å². The summed E-state index contributed by atoms with van der Waals surface area (Å²) in [7, 11) is -4.08. The van der Waals surface area contributed by atoms with Crippen LogP contribution < -0.4 is 70.2 Å². The van der Waals surface area contributed by atoms with Gasteiger partial charge in [-0.25, -0.2) is 0 Å². The van der Waals surface area contributed by atoms with Gasteiger partial charge in [0.05, 0.1) is 11.3 Å². The van der Waals surface area contributed by atoms with E-state index in [1.807, 2.05) is 0 Å². The number of aliphatic carboxylic acids is 1. The summed E-state index contributed by atoms with van der Waals surface area (Å²) in [6.45, 7) is 18.1. The summed E-state index contributed by atoms with van der Waals surface area (Å²) in [6.07, 6.45) is 5.96. The van der Waals surface area contributed by atoms with Crippen molar-refractivity contribution in [3.05, 3.63) is 50.7 Å². The normalized spacial score (nSPS) is 11.5. The van der Waals surface area contributed by atoms with Gasteiger partial charge < -0.3 is 27.3 Å². The van der Waals surface area contributed by atoms with Crippen molar-refractivity contribution in [2.24, 2.45) is 5.73 Å². The molecule has 0 atom stereocenters. The molecule has 0 radical (unpaired) electrons. The molecular weight excluding hydrogens is 476 g/mol. The van der Waals surface area contributed by atoms with Gasteiger partial charge in [-0.2, -0.15) is 14.5 Å². The van der Waals surface area contributed by atoms with Crippen LogP contribution in [0.25, 0.3) is 0 Å². The van der Waals surface area contributed by atoms with E-state index in [-0.39, 0.29) is 66.4 Å². The predicted molar refractivity (Wildman–Crippen MR) is 117 cm³/mol. The number of primary amides is 1. The minimum atomic E-state index is -4.08. The summed E-state index contributed by atoms with van der Waals surface area (Å²) in [5, 5.41) is 9.91. The molecule has 5 N–H and O–H groups in total. The average molecular weight is 508 g/mol. The third kappa shape index (κ3) is 33.0. The third-order valence-electron chi connectivity index (χ3n) is 2.86. The molecule has 0 saturated carbocycles. The second kappa shape index (κ2) is 22.5. The minimum Gasteiger partial charge on any atom is -1.00 e. The Kier molecular flexibility index (Phi) is 28.7. The maximum Gasteiger partial charge on any atom is 1.00 e. The number of carbonyl (C=O) groups is 4. The van der Waals surface area contributed by atoms with E-state index in [2.05, 4.69) is 37.4 Å². The second-order valence-electron chi connectivity index (χ2n) is 6.29. The number of carboxylic acid groups (broad SMARTS) is 1. The van der Waals surface area contributed by atoms with Crippen LogP contribution in [0, 0.1) is 6.58 Å². The number of carbonyl (C=O) groups excluding carboxylic acids is 3. The van der Waals surface area contributed by atoms with Gasteiger partial charge in [0.15, 0.2) is 5.97 Å². The zero-order chi connectivity index (χ0) is 25.3. The van der Waals surface area contributed by atoms with E-state index >= 15 is 0 Å². The van der Waals surface area contributed by atoms with E-state index in [1.54, 1.807) is 11.1 Å². The first-order valence-corrected chi connectivity index (χ1v) is 10.2. The van der Waals surface area contributed by atoms with Crippen molar-refractivity contribution in [2.75, 3.05) is 12.3 Å². The fourth-order valence-electron chi connectivity index (χ4n) is 1.74. The van der Waals surface area contributed by atoms with Crippen molar-refractivity contribution < 1.29 is 97.8 Å². The van der Waals surface area contributed by atoms with E-state index in [4.69, 9.17) is 9.66 Å².